The van der Waals surface area contributed by atoms with Crippen LogP contribution in [-0.4, -0.2) is 0 Å². The van der Waals surface area contributed by atoms with Gasteiger partial charge < -0.3 is 0 Å². The molecule has 0 unspecified atom stereocenters. The van der Waals surface area contributed by atoms with E-state index in [0.717, 1.165) is 18.3 Å². The van der Waals surface area contributed by atoms with Gasteiger partial charge in [0.1, 0.15) is 24.2 Å². The molecule has 0 saturated carbocycles. The monoisotopic (exact) mass is 288 g/mol. The first-order chi connectivity index (χ1) is 9.20. The Morgan fingerprint density at radius 2 is 1.70 bits per heavy atom. The lowest BCUT2D eigenvalue weighted by atomic mass is 10.0. The van der Waals surface area contributed by atoms with Crippen LogP contribution in [0.4, 0.5) is 22.0 Å². The highest BCUT2D eigenvalue weighted by molar-refractivity contribution is 5.61. The maximum absolute atomic E-state index is 13.8. The number of alkyl halides is 3. The minimum Gasteiger partial charge on any atom is -0.207 e. The number of nitrogens with zero attached hydrogens (tertiary/aromatic N) is 1. The molecule has 1 heterocycles. The number of hydrogen-bond acceptors (Lipinski definition) is 0. The molecule has 2 rings (SSSR count). The van der Waals surface area contributed by atoms with Crippen LogP contribution in [0.25, 0.3) is 11.3 Å². The van der Waals surface area contributed by atoms with E-state index >= 15 is 0 Å². The van der Waals surface area contributed by atoms with Gasteiger partial charge in [-0.2, -0.15) is 13.2 Å². The Kier molecular flexibility index (Phi) is 3.50. The number of aryl methyl sites for hydroxylation is 2. The van der Waals surface area contributed by atoms with Crippen molar-refractivity contribution in [3.05, 3.63) is 53.2 Å². The lowest BCUT2D eigenvalue weighted by Crippen LogP contribution is -2.33. The summed E-state index contributed by atoms with van der Waals surface area (Å²) in [6, 6.07) is 3.89. The topological polar surface area (TPSA) is 3.88 Å². The highest BCUT2D eigenvalue weighted by Crippen LogP contribution is 2.30. The van der Waals surface area contributed by atoms with Gasteiger partial charge in [-0.1, -0.05) is 0 Å². The number of pyridine rings is 1. The van der Waals surface area contributed by atoms with E-state index in [9.17, 15) is 22.0 Å². The van der Waals surface area contributed by atoms with Crippen LogP contribution in [0.5, 0.6) is 0 Å². The lowest BCUT2D eigenvalue weighted by molar-refractivity contribution is -0.661. The van der Waals surface area contributed by atoms with Crippen molar-refractivity contribution in [2.24, 2.45) is 7.05 Å². The predicted molar refractivity (Wildman–Crippen MR) is 62.7 cm³/mol. The van der Waals surface area contributed by atoms with Crippen molar-refractivity contribution < 1.29 is 26.5 Å². The standard InChI is InChI=1S/C14H11F5N/c1-8-5-10(15)6-11(16)13(8)12-4-3-9(7-20(12)2)14(17,18)19/h3-7H,1-2H3/q+1. The molecule has 6 heteroatoms. The van der Waals surface area contributed by atoms with Crippen LogP contribution in [0, 0.1) is 18.6 Å². The van der Waals surface area contributed by atoms with Crippen LogP contribution in [0.15, 0.2) is 30.5 Å². The van der Waals surface area contributed by atoms with Gasteiger partial charge in [0.25, 0.3) is 0 Å². The Morgan fingerprint density at radius 1 is 1.05 bits per heavy atom. The van der Waals surface area contributed by atoms with Gasteiger partial charge in [0.15, 0.2) is 6.20 Å². The van der Waals surface area contributed by atoms with Crippen molar-refractivity contribution in [3.8, 4) is 11.3 Å². The smallest absolute Gasteiger partial charge is 0.207 e. The molecule has 106 valence electrons. The molecule has 2 aromatic rings. The van der Waals surface area contributed by atoms with Crippen LogP contribution < -0.4 is 4.57 Å². The Balaban J connectivity index is 2.61. The zero-order valence-corrected chi connectivity index (χ0v) is 10.7. The van der Waals surface area contributed by atoms with Gasteiger partial charge in [0.05, 0.1) is 5.56 Å². The van der Waals surface area contributed by atoms with Gasteiger partial charge in [0.2, 0.25) is 5.69 Å². The van der Waals surface area contributed by atoms with Crippen molar-refractivity contribution in [1.82, 2.24) is 0 Å². The predicted octanol–water partition coefficient (Wildman–Crippen LogP) is 3.78. The van der Waals surface area contributed by atoms with Crippen LogP contribution in [0.2, 0.25) is 0 Å². The molecule has 0 amide bonds. The Labute approximate surface area is 112 Å². The first kappa shape index (κ1) is 14.4. The van der Waals surface area contributed by atoms with E-state index in [0.29, 0.717) is 11.6 Å². The average Bonchev–Trinajstić information content (AvgIpc) is 2.28. The van der Waals surface area contributed by atoms with Crippen molar-refractivity contribution in [2.75, 3.05) is 0 Å². The summed E-state index contributed by atoms with van der Waals surface area (Å²) in [5.41, 5.74) is -0.183. The molecule has 0 spiro atoms. The molecule has 0 fully saturated rings. The third-order valence-corrected chi connectivity index (χ3v) is 2.97. The Morgan fingerprint density at radius 3 is 2.20 bits per heavy atom. The minimum absolute atomic E-state index is 0.0858. The van der Waals surface area contributed by atoms with E-state index in [1.807, 2.05) is 0 Å². The molecule has 0 bridgehead atoms. The summed E-state index contributed by atoms with van der Waals surface area (Å²) in [5, 5.41) is 0. The highest BCUT2D eigenvalue weighted by atomic mass is 19.4. The van der Waals surface area contributed by atoms with Crippen LogP contribution in [0.1, 0.15) is 11.1 Å². The molecule has 0 aliphatic rings. The first-order valence-electron chi connectivity index (χ1n) is 5.73. The van der Waals surface area contributed by atoms with Gasteiger partial charge >= 0.3 is 6.18 Å². The van der Waals surface area contributed by atoms with Crippen molar-refractivity contribution in [2.45, 2.75) is 13.1 Å². The normalized spacial score (nSPS) is 11.8. The maximum Gasteiger partial charge on any atom is 0.422 e. The molecular weight excluding hydrogens is 277 g/mol. The molecule has 0 aliphatic carbocycles. The molecule has 1 aromatic heterocycles. The summed E-state index contributed by atoms with van der Waals surface area (Å²) < 4.78 is 65.8. The Hall–Kier alpha value is -1.98. The maximum atomic E-state index is 13.8. The quantitative estimate of drug-likeness (QED) is 0.555. The van der Waals surface area contributed by atoms with E-state index in [-0.39, 0.29) is 11.3 Å². The fraction of sp³-hybridized carbons (Fsp3) is 0.214. The van der Waals surface area contributed by atoms with Gasteiger partial charge in [-0.15, -0.1) is 0 Å². The van der Waals surface area contributed by atoms with E-state index < -0.39 is 23.4 Å². The van der Waals surface area contributed by atoms with Gasteiger partial charge in [-0.3, -0.25) is 0 Å². The molecule has 0 aliphatic heterocycles. The number of rotatable bonds is 1. The summed E-state index contributed by atoms with van der Waals surface area (Å²) in [6.45, 7) is 1.50. The second-order valence-electron chi connectivity index (χ2n) is 4.49. The SMILES string of the molecule is Cc1cc(F)cc(F)c1-c1ccc(C(F)(F)F)c[n+]1C. The summed E-state index contributed by atoms with van der Waals surface area (Å²) in [7, 11) is 1.38. The molecule has 20 heavy (non-hydrogen) atoms. The summed E-state index contributed by atoms with van der Waals surface area (Å²) >= 11 is 0. The zero-order valence-electron chi connectivity index (χ0n) is 10.7. The third-order valence-electron chi connectivity index (χ3n) is 2.97. The highest BCUT2D eigenvalue weighted by Gasteiger charge is 2.34. The molecular formula is C14H11F5N+. The second-order valence-corrected chi connectivity index (χ2v) is 4.49. The fourth-order valence-electron chi connectivity index (χ4n) is 2.06. The van der Waals surface area contributed by atoms with E-state index in [1.165, 1.54) is 24.6 Å². The third kappa shape index (κ3) is 2.64. The second kappa shape index (κ2) is 4.85. The van der Waals surface area contributed by atoms with E-state index in [2.05, 4.69) is 0 Å². The lowest BCUT2D eigenvalue weighted by Gasteiger charge is -2.09. The first-order valence-corrected chi connectivity index (χ1v) is 5.73. The minimum atomic E-state index is -4.47. The van der Waals surface area contributed by atoms with Crippen molar-refractivity contribution in [3.63, 3.8) is 0 Å². The zero-order chi connectivity index (χ0) is 15.1. The molecule has 1 nitrogen and oxygen atoms in total. The largest absolute Gasteiger partial charge is 0.422 e. The summed E-state index contributed by atoms with van der Waals surface area (Å²) in [5.74, 6) is -1.53. The number of halogens is 5. The molecule has 0 radical (unpaired) electrons. The van der Waals surface area contributed by atoms with Crippen LogP contribution >= 0.6 is 0 Å². The summed E-state index contributed by atoms with van der Waals surface area (Å²) in [6.07, 6.45) is -3.59. The number of aromatic nitrogens is 1. The van der Waals surface area contributed by atoms with Gasteiger partial charge in [0, 0.05) is 12.1 Å². The molecule has 1 aromatic carbocycles. The number of hydrogen-bond donors (Lipinski definition) is 0. The van der Waals surface area contributed by atoms with Crippen molar-refractivity contribution in [1.29, 1.82) is 0 Å². The van der Waals surface area contributed by atoms with E-state index in [4.69, 9.17) is 0 Å². The van der Waals surface area contributed by atoms with Crippen molar-refractivity contribution >= 4 is 0 Å². The molecule has 0 atom stereocenters. The van der Waals surface area contributed by atoms with Crippen LogP contribution in [0.3, 0.4) is 0 Å². The molecule has 0 saturated heterocycles. The van der Waals surface area contributed by atoms with E-state index in [1.54, 1.807) is 0 Å². The number of benzene rings is 1. The van der Waals surface area contributed by atoms with Gasteiger partial charge in [-0.25, -0.2) is 13.3 Å². The molecule has 0 N–H and O–H groups in total. The average molecular weight is 288 g/mol. The fourth-order valence-corrected chi connectivity index (χ4v) is 2.06. The van der Waals surface area contributed by atoms with Gasteiger partial charge in [-0.05, 0) is 24.6 Å². The Bertz CT molecular complexity index is 638. The van der Waals surface area contributed by atoms with Crippen LogP contribution in [-0.2, 0) is 13.2 Å². The summed E-state index contributed by atoms with van der Waals surface area (Å²) in [4.78, 5) is 0.